The van der Waals surface area contributed by atoms with E-state index in [2.05, 4.69) is 9.05 Å². The lowest BCUT2D eigenvalue weighted by Crippen LogP contribution is -1.99. The molecule has 0 aliphatic rings. The average molecular weight is 149 g/mol. The van der Waals surface area contributed by atoms with Crippen molar-refractivity contribution in [3.05, 3.63) is 0 Å². The average Bonchev–Trinajstić information content (AvgIpc) is 1.85. The third kappa shape index (κ3) is 5.34. The summed E-state index contributed by atoms with van der Waals surface area (Å²) < 4.78 is 18.8. The summed E-state index contributed by atoms with van der Waals surface area (Å²) in [6, 6.07) is 1.63. The van der Waals surface area contributed by atoms with E-state index in [0.29, 0.717) is 0 Å². The van der Waals surface area contributed by atoms with Crippen molar-refractivity contribution in [2.45, 2.75) is 0 Å². The lowest BCUT2D eigenvalue weighted by atomic mass is 10.9. The highest BCUT2D eigenvalue weighted by Gasteiger charge is 2.17. The quantitative estimate of drug-likeness (QED) is 0.453. The SMILES string of the molecule is N#CCO[P+](=O)OCN. The third-order valence-corrected chi connectivity index (χ3v) is 1.11. The van der Waals surface area contributed by atoms with Crippen molar-refractivity contribution in [2.24, 2.45) is 5.73 Å². The van der Waals surface area contributed by atoms with Gasteiger partial charge in [-0.3, -0.25) is 0 Å². The fourth-order valence-electron chi connectivity index (χ4n) is 0.180. The molecule has 0 fully saturated rings. The first-order valence-electron chi connectivity index (χ1n) is 2.11. The number of nitrogens with two attached hydrogens (primary N) is 1. The summed E-state index contributed by atoms with van der Waals surface area (Å²) in [6.45, 7) is -0.407. The van der Waals surface area contributed by atoms with E-state index < -0.39 is 8.25 Å². The Bertz CT molecular complexity index is 132. The molecule has 1 unspecified atom stereocenters. The van der Waals surface area contributed by atoms with Gasteiger partial charge in [-0.25, -0.2) is 0 Å². The molecule has 0 aliphatic heterocycles. The zero-order valence-electron chi connectivity index (χ0n) is 4.61. The van der Waals surface area contributed by atoms with Crippen LogP contribution in [0.2, 0.25) is 0 Å². The van der Waals surface area contributed by atoms with Crippen LogP contribution < -0.4 is 5.73 Å². The van der Waals surface area contributed by atoms with Gasteiger partial charge >= 0.3 is 8.25 Å². The van der Waals surface area contributed by atoms with Crippen molar-refractivity contribution in [3.63, 3.8) is 0 Å². The number of rotatable bonds is 4. The Morgan fingerprint density at radius 1 is 1.67 bits per heavy atom. The molecule has 0 bridgehead atoms. The fraction of sp³-hybridized carbons (Fsp3) is 0.667. The Hall–Kier alpha value is -0.530. The van der Waals surface area contributed by atoms with Crippen molar-refractivity contribution in [2.75, 3.05) is 13.3 Å². The molecule has 0 amide bonds. The van der Waals surface area contributed by atoms with E-state index in [1.807, 2.05) is 0 Å². The van der Waals surface area contributed by atoms with Gasteiger partial charge in [0.2, 0.25) is 0 Å². The molecule has 0 aromatic heterocycles. The molecule has 0 aromatic carbocycles. The van der Waals surface area contributed by atoms with Crippen molar-refractivity contribution >= 4 is 8.25 Å². The second-order valence-electron chi connectivity index (χ2n) is 0.951. The van der Waals surface area contributed by atoms with Gasteiger partial charge in [0.15, 0.2) is 13.3 Å². The van der Waals surface area contributed by atoms with Gasteiger partial charge < -0.3 is 5.73 Å². The molecular formula is C3H6N2O3P+. The van der Waals surface area contributed by atoms with Crippen LogP contribution in [0.5, 0.6) is 0 Å². The van der Waals surface area contributed by atoms with Crippen LogP contribution in [-0.4, -0.2) is 13.3 Å². The Kier molecular flexibility index (Phi) is 5.27. The van der Waals surface area contributed by atoms with Crippen LogP contribution in [0.3, 0.4) is 0 Å². The molecule has 0 heterocycles. The molecule has 50 valence electrons. The van der Waals surface area contributed by atoms with E-state index in [0.717, 1.165) is 0 Å². The molecule has 0 saturated carbocycles. The van der Waals surface area contributed by atoms with Crippen LogP contribution in [0.4, 0.5) is 0 Å². The summed E-state index contributed by atoms with van der Waals surface area (Å²) in [5, 5.41) is 7.89. The van der Waals surface area contributed by atoms with Crippen molar-refractivity contribution < 1.29 is 13.6 Å². The van der Waals surface area contributed by atoms with Crippen LogP contribution in [0.25, 0.3) is 0 Å². The number of hydrogen-bond acceptors (Lipinski definition) is 5. The van der Waals surface area contributed by atoms with E-state index in [1.165, 1.54) is 0 Å². The standard InChI is InChI=1S/C3H6N2O3P/c4-1-2-7-9(6)8-3-5/h2-3,5H2/q+1. The molecule has 0 rings (SSSR count). The van der Waals surface area contributed by atoms with Crippen LogP contribution in [0, 0.1) is 11.3 Å². The lowest BCUT2D eigenvalue weighted by Gasteiger charge is -1.78. The van der Waals surface area contributed by atoms with Gasteiger partial charge in [-0.2, -0.15) is 5.26 Å². The van der Waals surface area contributed by atoms with Gasteiger partial charge in [-0.1, -0.05) is 0 Å². The molecule has 6 heteroatoms. The summed E-state index contributed by atoms with van der Waals surface area (Å²) in [5.74, 6) is 0. The summed E-state index contributed by atoms with van der Waals surface area (Å²) in [7, 11) is -2.18. The first-order valence-corrected chi connectivity index (χ1v) is 3.21. The highest BCUT2D eigenvalue weighted by atomic mass is 31.1. The summed E-state index contributed by atoms with van der Waals surface area (Å²) in [5.41, 5.74) is 4.83. The number of nitrogens with zero attached hydrogens (tertiary/aromatic N) is 1. The topological polar surface area (TPSA) is 85.3 Å². The molecule has 0 spiro atoms. The smallest absolute Gasteiger partial charge is 0.304 e. The third-order valence-electron chi connectivity index (χ3n) is 0.414. The van der Waals surface area contributed by atoms with E-state index in [1.54, 1.807) is 6.07 Å². The maximum absolute atomic E-state index is 10.3. The zero-order valence-corrected chi connectivity index (χ0v) is 5.51. The first kappa shape index (κ1) is 8.47. The molecule has 2 N–H and O–H groups in total. The first-order chi connectivity index (χ1) is 4.31. The molecule has 5 nitrogen and oxygen atoms in total. The molecule has 1 atom stereocenters. The van der Waals surface area contributed by atoms with Gasteiger partial charge in [-0.05, 0) is 0 Å². The van der Waals surface area contributed by atoms with E-state index in [4.69, 9.17) is 11.0 Å². The Morgan fingerprint density at radius 2 is 2.33 bits per heavy atom. The Balaban J connectivity index is 3.19. The highest BCUT2D eigenvalue weighted by Crippen LogP contribution is 2.21. The van der Waals surface area contributed by atoms with E-state index in [-0.39, 0.29) is 13.3 Å². The van der Waals surface area contributed by atoms with Gasteiger partial charge in [-0.15, -0.1) is 9.05 Å². The van der Waals surface area contributed by atoms with E-state index in [9.17, 15) is 4.57 Å². The molecule has 0 radical (unpaired) electrons. The minimum absolute atomic E-state index is 0.166. The normalized spacial score (nSPS) is 10.4. The minimum atomic E-state index is -2.18. The lowest BCUT2D eigenvalue weighted by molar-refractivity contribution is 0.249. The maximum atomic E-state index is 10.3. The predicted molar refractivity (Wildman–Crippen MR) is 29.3 cm³/mol. The Labute approximate surface area is 53.3 Å². The summed E-state index contributed by atoms with van der Waals surface area (Å²) in [4.78, 5) is 0. The number of nitriles is 1. The highest BCUT2D eigenvalue weighted by molar-refractivity contribution is 7.33. The Morgan fingerprint density at radius 3 is 2.78 bits per heavy atom. The monoisotopic (exact) mass is 149 g/mol. The summed E-state index contributed by atoms with van der Waals surface area (Å²) in [6.07, 6.45) is 0. The second kappa shape index (κ2) is 5.60. The summed E-state index contributed by atoms with van der Waals surface area (Å²) >= 11 is 0. The van der Waals surface area contributed by atoms with E-state index >= 15 is 0 Å². The van der Waals surface area contributed by atoms with Gasteiger partial charge in [0.1, 0.15) is 0 Å². The predicted octanol–water partition coefficient (Wildman–Crippen LogP) is 0.117. The van der Waals surface area contributed by atoms with Crippen LogP contribution in [-0.2, 0) is 13.6 Å². The van der Waals surface area contributed by atoms with Gasteiger partial charge in [0.25, 0.3) is 0 Å². The van der Waals surface area contributed by atoms with Crippen molar-refractivity contribution in [1.29, 1.82) is 5.26 Å². The maximum Gasteiger partial charge on any atom is 0.699 e. The van der Waals surface area contributed by atoms with Crippen LogP contribution in [0.1, 0.15) is 0 Å². The largest absolute Gasteiger partial charge is 0.699 e. The second-order valence-corrected chi connectivity index (χ2v) is 1.91. The van der Waals surface area contributed by atoms with Crippen LogP contribution >= 0.6 is 8.25 Å². The van der Waals surface area contributed by atoms with Crippen LogP contribution in [0.15, 0.2) is 0 Å². The molecule has 0 aliphatic carbocycles. The fourth-order valence-corrected chi connectivity index (χ4v) is 0.539. The zero-order chi connectivity index (χ0) is 7.11. The van der Waals surface area contributed by atoms with Crippen molar-refractivity contribution in [3.8, 4) is 6.07 Å². The van der Waals surface area contributed by atoms with Gasteiger partial charge in [0.05, 0.1) is 6.07 Å². The number of hydrogen-bond donors (Lipinski definition) is 1. The van der Waals surface area contributed by atoms with Gasteiger partial charge in [0, 0.05) is 4.57 Å². The minimum Gasteiger partial charge on any atom is -0.304 e. The van der Waals surface area contributed by atoms with Crippen molar-refractivity contribution in [1.82, 2.24) is 0 Å². The molecule has 0 aromatic rings. The molecular weight excluding hydrogens is 143 g/mol. The molecule has 0 saturated heterocycles. The molecule has 9 heavy (non-hydrogen) atoms.